The van der Waals surface area contributed by atoms with Crippen LogP contribution >= 0.6 is 0 Å². The molecule has 0 unspecified atom stereocenters. The van der Waals surface area contributed by atoms with Gasteiger partial charge in [-0.2, -0.15) is 0 Å². The van der Waals surface area contributed by atoms with E-state index in [1.54, 1.807) is 16.8 Å². The molecule has 0 atom stereocenters. The van der Waals surface area contributed by atoms with Gasteiger partial charge < -0.3 is 19.9 Å². The van der Waals surface area contributed by atoms with E-state index in [0.717, 1.165) is 6.42 Å². The van der Waals surface area contributed by atoms with Gasteiger partial charge in [-0.05, 0) is 6.42 Å². The van der Waals surface area contributed by atoms with Gasteiger partial charge >= 0.3 is 6.03 Å². The van der Waals surface area contributed by atoms with Gasteiger partial charge in [0.2, 0.25) is 5.91 Å². The fourth-order valence-corrected chi connectivity index (χ4v) is 1.72. The summed E-state index contributed by atoms with van der Waals surface area (Å²) >= 11 is 0. The van der Waals surface area contributed by atoms with E-state index in [0.29, 0.717) is 32.8 Å². The quantitative estimate of drug-likeness (QED) is 0.750. The van der Waals surface area contributed by atoms with Gasteiger partial charge in [0.15, 0.2) is 0 Å². The molecule has 1 aliphatic heterocycles. The fraction of sp³-hybridized carbons (Fsp3) is 0.818. The molecule has 0 aromatic rings. The van der Waals surface area contributed by atoms with Crippen LogP contribution in [-0.4, -0.2) is 68.2 Å². The molecule has 0 saturated carbocycles. The van der Waals surface area contributed by atoms with Crippen molar-refractivity contribution in [2.75, 3.05) is 46.4 Å². The van der Waals surface area contributed by atoms with Crippen LogP contribution in [0.4, 0.5) is 4.79 Å². The largest absolute Gasteiger partial charge is 0.378 e. The fourth-order valence-electron chi connectivity index (χ4n) is 1.72. The maximum atomic E-state index is 12.2. The van der Waals surface area contributed by atoms with Crippen LogP contribution in [-0.2, 0) is 9.53 Å². The normalized spacial score (nSPS) is 15.5. The van der Waals surface area contributed by atoms with Crippen molar-refractivity contribution in [3.63, 3.8) is 0 Å². The highest BCUT2D eigenvalue weighted by Gasteiger charge is 2.23. The highest BCUT2D eigenvalue weighted by molar-refractivity contribution is 5.83. The molecule has 0 radical (unpaired) electrons. The summed E-state index contributed by atoms with van der Waals surface area (Å²) in [5.74, 6) is -0.139. The van der Waals surface area contributed by atoms with Crippen LogP contribution in [0.15, 0.2) is 0 Å². The first kappa shape index (κ1) is 13.8. The molecular formula is C11H21N3O3. The number of amides is 3. The molecule has 1 heterocycles. The Balaban J connectivity index is 2.55. The first-order chi connectivity index (χ1) is 8.19. The maximum absolute atomic E-state index is 12.2. The number of likely N-dealkylation sites (N-methyl/N-ethyl adjacent to an activating group) is 1. The molecule has 6 nitrogen and oxygen atoms in total. The number of nitrogens with one attached hydrogen (secondary N) is 1. The predicted molar refractivity (Wildman–Crippen MR) is 63.7 cm³/mol. The molecule has 0 aromatic heterocycles. The Morgan fingerprint density at radius 3 is 2.53 bits per heavy atom. The first-order valence-electron chi connectivity index (χ1n) is 6.01. The van der Waals surface area contributed by atoms with Gasteiger partial charge in [0.05, 0.1) is 13.2 Å². The Hall–Kier alpha value is -1.30. The lowest BCUT2D eigenvalue weighted by molar-refractivity contribution is -0.121. The van der Waals surface area contributed by atoms with Gasteiger partial charge in [-0.3, -0.25) is 4.79 Å². The number of nitrogens with zero attached hydrogens (tertiary/aromatic N) is 2. The van der Waals surface area contributed by atoms with Crippen LogP contribution in [0, 0.1) is 0 Å². The highest BCUT2D eigenvalue weighted by Crippen LogP contribution is 2.04. The molecule has 1 N–H and O–H groups in total. The number of morpholine rings is 1. The standard InChI is InChI=1S/C11H21N3O3/c1-3-4-14(9-10(15)12-2)11(16)13-5-7-17-8-6-13/h3-9H2,1-2H3,(H,12,15). The topological polar surface area (TPSA) is 61.9 Å². The molecule has 1 saturated heterocycles. The zero-order valence-corrected chi connectivity index (χ0v) is 10.6. The van der Waals surface area contributed by atoms with Crippen molar-refractivity contribution in [2.45, 2.75) is 13.3 Å². The minimum Gasteiger partial charge on any atom is -0.378 e. The Bertz CT molecular complexity index is 265. The molecule has 0 bridgehead atoms. The van der Waals surface area contributed by atoms with Gasteiger partial charge in [-0.25, -0.2) is 4.79 Å². The zero-order chi connectivity index (χ0) is 12.7. The lowest BCUT2D eigenvalue weighted by Gasteiger charge is -2.32. The third kappa shape index (κ3) is 4.22. The Labute approximate surface area is 102 Å². The molecule has 0 aliphatic carbocycles. The van der Waals surface area contributed by atoms with Crippen LogP contribution in [0.1, 0.15) is 13.3 Å². The lowest BCUT2D eigenvalue weighted by atomic mass is 10.3. The second-order valence-corrected chi connectivity index (χ2v) is 3.98. The number of ether oxygens (including phenoxy) is 1. The number of urea groups is 1. The molecular weight excluding hydrogens is 222 g/mol. The monoisotopic (exact) mass is 243 g/mol. The highest BCUT2D eigenvalue weighted by atomic mass is 16.5. The molecule has 17 heavy (non-hydrogen) atoms. The van der Waals surface area contributed by atoms with E-state index in [2.05, 4.69) is 5.32 Å². The second kappa shape index (κ2) is 7.11. The molecule has 6 heteroatoms. The van der Waals surface area contributed by atoms with Crippen molar-refractivity contribution in [2.24, 2.45) is 0 Å². The maximum Gasteiger partial charge on any atom is 0.320 e. The van der Waals surface area contributed by atoms with Crippen molar-refractivity contribution >= 4 is 11.9 Å². The Morgan fingerprint density at radius 1 is 1.35 bits per heavy atom. The van der Waals surface area contributed by atoms with E-state index in [1.165, 1.54) is 0 Å². The van der Waals surface area contributed by atoms with E-state index in [4.69, 9.17) is 4.74 Å². The molecule has 1 rings (SSSR count). The first-order valence-corrected chi connectivity index (χ1v) is 6.01. The van der Waals surface area contributed by atoms with Crippen molar-refractivity contribution in [1.29, 1.82) is 0 Å². The van der Waals surface area contributed by atoms with Gasteiger partial charge in [0.1, 0.15) is 6.54 Å². The van der Waals surface area contributed by atoms with Crippen molar-refractivity contribution in [3.05, 3.63) is 0 Å². The minimum atomic E-state index is -0.139. The van der Waals surface area contributed by atoms with E-state index >= 15 is 0 Å². The number of hydrogen-bond acceptors (Lipinski definition) is 3. The summed E-state index contributed by atoms with van der Waals surface area (Å²) in [6, 6.07) is -0.0706. The molecule has 0 aromatic carbocycles. The third-order valence-corrected chi connectivity index (χ3v) is 2.66. The van der Waals surface area contributed by atoms with Crippen molar-refractivity contribution < 1.29 is 14.3 Å². The van der Waals surface area contributed by atoms with Gasteiger partial charge in [-0.1, -0.05) is 6.92 Å². The Morgan fingerprint density at radius 2 is 2.00 bits per heavy atom. The Kier molecular flexibility index (Phi) is 5.76. The number of rotatable bonds is 4. The summed E-state index contributed by atoms with van der Waals surface area (Å²) in [5.41, 5.74) is 0. The number of hydrogen-bond donors (Lipinski definition) is 1. The second-order valence-electron chi connectivity index (χ2n) is 3.98. The average Bonchev–Trinajstić information content (AvgIpc) is 2.38. The molecule has 1 aliphatic rings. The SMILES string of the molecule is CCCN(CC(=O)NC)C(=O)N1CCOCC1. The number of carbonyl (C=O) groups excluding carboxylic acids is 2. The van der Waals surface area contributed by atoms with Crippen LogP contribution < -0.4 is 5.32 Å². The van der Waals surface area contributed by atoms with Gasteiger partial charge in [0, 0.05) is 26.7 Å². The molecule has 3 amide bonds. The predicted octanol–water partition coefficient (Wildman–Crippen LogP) is -0.103. The van der Waals surface area contributed by atoms with Gasteiger partial charge in [0.25, 0.3) is 0 Å². The van der Waals surface area contributed by atoms with Crippen LogP contribution in [0.3, 0.4) is 0 Å². The van der Waals surface area contributed by atoms with Gasteiger partial charge in [-0.15, -0.1) is 0 Å². The van der Waals surface area contributed by atoms with E-state index in [1.807, 2.05) is 6.92 Å². The summed E-state index contributed by atoms with van der Waals surface area (Å²) in [7, 11) is 1.58. The minimum absolute atomic E-state index is 0.0706. The summed E-state index contributed by atoms with van der Waals surface area (Å²) in [5, 5.41) is 2.54. The summed E-state index contributed by atoms with van der Waals surface area (Å²) in [6.07, 6.45) is 0.840. The van der Waals surface area contributed by atoms with Crippen molar-refractivity contribution in [1.82, 2.24) is 15.1 Å². The van der Waals surface area contributed by atoms with Crippen LogP contribution in [0.2, 0.25) is 0 Å². The molecule has 0 spiro atoms. The van der Waals surface area contributed by atoms with E-state index in [-0.39, 0.29) is 18.5 Å². The molecule has 1 fully saturated rings. The summed E-state index contributed by atoms with van der Waals surface area (Å²) in [4.78, 5) is 26.8. The van der Waals surface area contributed by atoms with Crippen LogP contribution in [0.5, 0.6) is 0 Å². The summed E-state index contributed by atoms with van der Waals surface area (Å²) < 4.78 is 5.20. The number of carbonyl (C=O) groups is 2. The van der Waals surface area contributed by atoms with E-state index < -0.39 is 0 Å². The lowest BCUT2D eigenvalue weighted by Crippen LogP contribution is -2.50. The third-order valence-electron chi connectivity index (χ3n) is 2.66. The molecule has 98 valence electrons. The average molecular weight is 243 g/mol. The van der Waals surface area contributed by atoms with Crippen molar-refractivity contribution in [3.8, 4) is 0 Å². The smallest absolute Gasteiger partial charge is 0.320 e. The van der Waals surface area contributed by atoms with E-state index in [9.17, 15) is 9.59 Å². The zero-order valence-electron chi connectivity index (χ0n) is 10.6. The van der Waals surface area contributed by atoms with Crippen LogP contribution in [0.25, 0.3) is 0 Å². The summed E-state index contributed by atoms with van der Waals surface area (Å²) in [6.45, 7) is 5.07.